The Morgan fingerprint density at radius 2 is 1.94 bits per heavy atom. The van der Waals surface area contributed by atoms with E-state index in [2.05, 4.69) is 5.32 Å². The van der Waals surface area contributed by atoms with Gasteiger partial charge in [-0.25, -0.2) is 0 Å². The summed E-state index contributed by atoms with van der Waals surface area (Å²) in [6.07, 6.45) is 3.27. The van der Waals surface area contributed by atoms with Gasteiger partial charge in [0.1, 0.15) is 0 Å². The summed E-state index contributed by atoms with van der Waals surface area (Å²) < 4.78 is 5.47. The molecule has 2 rings (SSSR count). The summed E-state index contributed by atoms with van der Waals surface area (Å²) in [5.74, 6) is -1.06. The number of rotatable bonds is 5. The summed E-state index contributed by atoms with van der Waals surface area (Å²) >= 11 is 0. The van der Waals surface area contributed by atoms with E-state index in [1.807, 2.05) is 0 Å². The zero-order valence-electron chi connectivity index (χ0n) is 10.4. The quantitative estimate of drug-likeness (QED) is 0.597. The van der Waals surface area contributed by atoms with Crippen LogP contribution in [0.2, 0.25) is 0 Å². The van der Waals surface area contributed by atoms with Gasteiger partial charge in [0, 0.05) is 25.8 Å². The fourth-order valence-electron chi connectivity index (χ4n) is 2.20. The minimum absolute atomic E-state index is 0.0748. The fourth-order valence-corrected chi connectivity index (χ4v) is 2.20. The Hall–Kier alpha value is -1.46. The minimum atomic E-state index is -0.473. The largest absolute Gasteiger partial charge is 0.504 e. The van der Waals surface area contributed by atoms with Crippen LogP contribution in [0.5, 0.6) is 17.2 Å². The molecule has 1 fully saturated rings. The lowest BCUT2D eigenvalue weighted by atomic mass is 9.80. The van der Waals surface area contributed by atoms with Crippen LogP contribution >= 0.6 is 0 Å². The predicted octanol–water partition coefficient (Wildman–Crippen LogP) is 1.46. The molecule has 1 saturated carbocycles. The number of nitrogens with one attached hydrogen (secondary N) is 1. The highest BCUT2D eigenvalue weighted by Gasteiger charge is 2.36. The van der Waals surface area contributed by atoms with E-state index in [1.54, 1.807) is 13.2 Å². The van der Waals surface area contributed by atoms with E-state index >= 15 is 0 Å². The lowest BCUT2D eigenvalue weighted by Crippen LogP contribution is -2.47. The number of hydrogen-bond donors (Lipinski definition) is 4. The summed E-state index contributed by atoms with van der Waals surface area (Å²) in [6.45, 7) is 1.13. The standard InChI is InChI=1S/C13H19NO4/c1-18-13(5-2-6-13)8-14-7-9-3-4-10(15)12(17)11(9)16/h3-4,14-17H,2,5-8H2,1H3. The Labute approximate surface area is 106 Å². The van der Waals surface area contributed by atoms with E-state index in [4.69, 9.17) is 4.74 Å². The van der Waals surface area contributed by atoms with Crippen LogP contribution in [0.25, 0.3) is 0 Å². The normalized spacial score (nSPS) is 17.4. The zero-order valence-corrected chi connectivity index (χ0v) is 10.4. The molecule has 5 heteroatoms. The van der Waals surface area contributed by atoms with E-state index < -0.39 is 5.75 Å². The molecule has 0 aliphatic heterocycles. The van der Waals surface area contributed by atoms with E-state index in [0.717, 1.165) is 12.8 Å². The van der Waals surface area contributed by atoms with Crippen LogP contribution in [0.1, 0.15) is 24.8 Å². The molecule has 0 saturated heterocycles. The number of ether oxygens (including phenoxy) is 1. The van der Waals surface area contributed by atoms with Crippen LogP contribution in [0.15, 0.2) is 12.1 Å². The molecule has 5 nitrogen and oxygen atoms in total. The molecule has 0 heterocycles. The second-order valence-corrected chi connectivity index (χ2v) is 4.79. The van der Waals surface area contributed by atoms with Gasteiger partial charge in [-0.05, 0) is 25.3 Å². The second kappa shape index (κ2) is 5.04. The van der Waals surface area contributed by atoms with E-state index in [9.17, 15) is 15.3 Å². The van der Waals surface area contributed by atoms with Crippen LogP contribution in [0, 0.1) is 0 Å². The Kier molecular flexibility index (Phi) is 3.63. The number of phenols is 3. The van der Waals surface area contributed by atoms with Crippen molar-refractivity contribution in [2.45, 2.75) is 31.4 Å². The van der Waals surface area contributed by atoms with Gasteiger partial charge in [-0.2, -0.15) is 0 Å². The third-order valence-electron chi connectivity index (χ3n) is 3.67. The first-order valence-corrected chi connectivity index (χ1v) is 6.07. The lowest BCUT2D eigenvalue weighted by Gasteiger charge is -2.40. The summed E-state index contributed by atoms with van der Waals surface area (Å²) in [5, 5.41) is 31.5. The molecule has 0 unspecified atom stereocenters. The molecule has 0 aromatic heterocycles. The number of aromatic hydroxyl groups is 3. The maximum atomic E-state index is 9.65. The third kappa shape index (κ3) is 2.37. The highest BCUT2D eigenvalue weighted by Crippen LogP contribution is 2.37. The molecule has 18 heavy (non-hydrogen) atoms. The van der Waals surface area contributed by atoms with Crippen molar-refractivity contribution in [2.75, 3.05) is 13.7 Å². The van der Waals surface area contributed by atoms with Gasteiger partial charge in [-0.1, -0.05) is 6.07 Å². The zero-order chi connectivity index (χ0) is 13.2. The van der Waals surface area contributed by atoms with Gasteiger partial charge in [-0.15, -0.1) is 0 Å². The van der Waals surface area contributed by atoms with Gasteiger partial charge in [0.05, 0.1) is 5.60 Å². The van der Waals surface area contributed by atoms with Crippen molar-refractivity contribution in [3.8, 4) is 17.2 Å². The first-order valence-electron chi connectivity index (χ1n) is 6.07. The van der Waals surface area contributed by atoms with Crippen molar-refractivity contribution in [1.82, 2.24) is 5.32 Å². The first-order chi connectivity index (χ1) is 8.58. The number of methoxy groups -OCH3 is 1. The van der Waals surface area contributed by atoms with Gasteiger partial charge in [0.25, 0.3) is 0 Å². The predicted molar refractivity (Wildman–Crippen MR) is 66.7 cm³/mol. The van der Waals surface area contributed by atoms with Crippen LogP contribution < -0.4 is 5.32 Å². The SMILES string of the molecule is COC1(CNCc2ccc(O)c(O)c2O)CCC1. The highest BCUT2D eigenvalue weighted by atomic mass is 16.5. The van der Waals surface area contributed by atoms with Crippen molar-refractivity contribution in [3.05, 3.63) is 17.7 Å². The number of benzene rings is 1. The van der Waals surface area contributed by atoms with Gasteiger partial charge in [0.2, 0.25) is 5.75 Å². The Morgan fingerprint density at radius 1 is 1.22 bits per heavy atom. The summed E-state index contributed by atoms with van der Waals surface area (Å²) in [5.41, 5.74) is 0.477. The van der Waals surface area contributed by atoms with E-state index in [1.165, 1.54) is 12.5 Å². The maximum Gasteiger partial charge on any atom is 0.200 e. The minimum Gasteiger partial charge on any atom is -0.504 e. The molecule has 1 aromatic carbocycles. The maximum absolute atomic E-state index is 9.65. The monoisotopic (exact) mass is 253 g/mol. The Balaban J connectivity index is 1.93. The third-order valence-corrected chi connectivity index (χ3v) is 3.67. The summed E-state index contributed by atoms with van der Waals surface area (Å²) in [7, 11) is 1.71. The molecule has 0 atom stereocenters. The molecule has 0 radical (unpaired) electrons. The molecule has 4 N–H and O–H groups in total. The van der Waals surface area contributed by atoms with Gasteiger partial charge < -0.3 is 25.4 Å². The Bertz CT molecular complexity index is 424. The second-order valence-electron chi connectivity index (χ2n) is 4.79. The van der Waals surface area contributed by atoms with Gasteiger partial charge in [-0.3, -0.25) is 0 Å². The molecular weight excluding hydrogens is 234 g/mol. The average molecular weight is 253 g/mol. The van der Waals surface area contributed by atoms with Gasteiger partial charge >= 0.3 is 0 Å². The van der Waals surface area contributed by atoms with Crippen LogP contribution in [0.3, 0.4) is 0 Å². The molecule has 1 aliphatic carbocycles. The molecule has 1 aliphatic rings. The average Bonchev–Trinajstić information content (AvgIpc) is 2.32. The van der Waals surface area contributed by atoms with Crippen LogP contribution in [-0.4, -0.2) is 34.6 Å². The fraction of sp³-hybridized carbons (Fsp3) is 0.538. The summed E-state index contributed by atoms with van der Waals surface area (Å²) in [4.78, 5) is 0. The lowest BCUT2D eigenvalue weighted by molar-refractivity contribution is -0.0695. The molecule has 0 amide bonds. The number of hydrogen-bond acceptors (Lipinski definition) is 5. The van der Waals surface area contributed by atoms with E-state index in [0.29, 0.717) is 18.7 Å². The van der Waals surface area contributed by atoms with E-state index in [-0.39, 0.29) is 17.1 Å². The van der Waals surface area contributed by atoms with Crippen molar-refractivity contribution in [2.24, 2.45) is 0 Å². The molecule has 0 spiro atoms. The molecule has 0 bridgehead atoms. The Morgan fingerprint density at radius 3 is 2.50 bits per heavy atom. The van der Waals surface area contributed by atoms with Crippen LogP contribution in [0.4, 0.5) is 0 Å². The van der Waals surface area contributed by atoms with Crippen molar-refractivity contribution >= 4 is 0 Å². The van der Waals surface area contributed by atoms with Gasteiger partial charge in [0.15, 0.2) is 11.5 Å². The first kappa shape index (κ1) is 13.0. The molecule has 100 valence electrons. The van der Waals surface area contributed by atoms with Crippen LogP contribution in [-0.2, 0) is 11.3 Å². The topological polar surface area (TPSA) is 82.0 Å². The van der Waals surface area contributed by atoms with Crippen molar-refractivity contribution in [1.29, 1.82) is 0 Å². The highest BCUT2D eigenvalue weighted by molar-refractivity contribution is 5.52. The van der Waals surface area contributed by atoms with Crippen molar-refractivity contribution in [3.63, 3.8) is 0 Å². The number of phenolic OH excluding ortho intramolecular Hbond substituents is 3. The molecule has 1 aromatic rings. The van der Waals surface area contributed by atoms with Crippen molar-refractivity contribution < 1.29 is 20.1 Å². The molecular formula is C13H19NO4. The summed E-state index contributed by atoms with van der Waals surface area (Å²) in [6, 6.07) is 2.94. The smallest absolute Gasteiger partial charge is 0.200 e.